The summed E-state index contributed by atoms with van der Waals surface area (Å²) in [6.07, 6.45) is 0.729. The van der Waals surface area contributed by atoms with Crippen LogP contribution in [0.1, 0.15) is 16.8 Å². The molecular formula is C19H18ClFN2O3S. The first-order valence-corrected chi connectivity index (χ1v) is 9.73. The number of carbonyl (C=O) groups is 2. The van der Waals surface area contributed by atoms with E-state index in [9.17, 15) is 14.0 Å². The minimum absolute atomic E-state index is 0.0745. The molecule has 1 unspecified atom stereocenters. The number of amides is 2. The van der Waals surface area contributed by atoms with Gasteiger partial charge in [-0.2, -0.15) is 0 Å². The minimum Gasteiger partial charge on any atom is -0.379 e. The highest BCUT2D eigenvalue weighted by atomic mass is 35.5. The van der Waals surface area contributed by atoms with Crippen LogP contribution in [0.3, 0.4) is 0 Å². The number of hydrogen-bond donors (Lipinski definition) is 2. The molecule has 2 aromatic carbocycles. The molecule has 1 saturated heterocycles. The Bertz CT molecular complexity index is 826. The fourth-order valence-electron chi connectivity index (χ4n) is 2.59. The second-order valence-electron chi connectivity index (χ2n) is 6.05. The third-order valence-corrected chi connectivity index (χ3v) is 5.16. The lowest BCUT2D eigenvalue weighted by atomic mass is 10.1. The van der Waals surface area contributed by atoms with Crippen LogP contribution in [0.15, 0.2) is 47.4 Å². The van der Waals surface area contributed by atoms with E-state index in [1.165, 1.54) is 23.9 Å². The van der Waals surface area contributed by atoms with Crippen LogP contribution in [-0.2, 0) is 9.53 Å². The lowest BCUT2D eigenvalue weighted by molar-refractivity contribution is -0.113. The first-order valence-electron chi connectivity index (χ1n) is 8.37. The van der Waals surface area contributed by atoms with Crippen LogP contribution < -0.4 is 10.6 Å². The van der Waals surface area contributed by atoms with Gasteiger partial charge in [0, 0.05) is 27.8 Å². The number of halogens is 2. The molecule has 1 heterocycles. The summed E-state index contributed by atoms with van der Waals surface area (Å²) >= 11 is 7.16. The van der Waals surface area contributed by atoms with Crippen LogP contribution in [0.2, 0.25) is 5.02 Å². The number of rotatable bonds is 6. The zero-order valence-electron chi connectivity index (χ0n) is 14.3. The van der Waals surface area contributed by atoms with Gasteiger partial charge in [-0.1, -0.05) is 11.6 Å². The maximum absolute atomic E-state index is 13.9. The summed E-state index contributed by atoms with van der Waals surface area (Å²) in [6, 6.07) is 10.8. The molecule has 2 N–H and O–H groups in total. The predicted molar refractivity (Wildman–Crippen MR) is 104 cm³/mol. The van der Waals surface area contributed by atoms with Gasteiger partial charge in [0.1, 0.15) is 5.82 Å². The molecule has 1 atom stereocenters. The first-order chi connectivity index (χ1) is 13.0. The number of thioether (sulfide) groups is 1. The van der Waals surface area contributed by atoms with Crippen LogP contribution in [0, 0.1) is 5.82 Å². The molecule has 0 bridgehead atoms. The molecule has 0 saturated carbocycles. The monoisotopic (exact) mass is 408 g/mol. The summed E-state index contributed by atoms with van der Waals surface area (Å²) in [5.74, 6) is -1.13. The Kier molecular flexibility index (Phi) is 6.71. The van der Waals surface area contributed by atoms with Gasteiger partial charge in [0.15, 0.2) is 0 Å². The van der Waals surface area contributed by atoms with Crippen molar-refractivity contribution in [1.82, 2.24) is 5.32 Å². The van der Waals surface area contributed by atoms with Crippen LogP contribution in [0.5, 0.6) is 0 Å². The molecule has 1 aliphatic heterocycles. The van der Waals surface area contributed by atoms with E-state index in [4.69, 9.17) is 16.3 Å². The van der Waals surface area contributed by atoms with Crippen molar-refractivity contribution in [2.45, 2.75) is 17.4 Å². The Labute approximate surface area is 165 Å². The van der Waals surface area contributed by atoms with Gasteiger partial charge in [0.05, 0.1) is 18.4 Å². The molecule has 27 heavy (non-hydrogen) atoms. The Morgan fingerprint density at radius 1 is 1.22 bits per heavy atom. The van der Waals surface area contributed by atoms with Crippen molar-refractivity contribution in [3.05, 3.63) is 58.9 Å². The van der Waals surface area contributed by atoms with E-state index in [1.807, 2.05) is 12.1 Å². The zero-order chi connectivity index (χ0) is 19.2. The summed E-state index contributed by atoms with van der Waals surface area (Å²) in [5, 5.41) is 6.04. The largest absolute Gasteiger partial charge is 0.379 e. The van der Waals surface area contributed by atoms with E-state index >= 15 is 0 Å². The van der Waals surface area contributed by atoms with Gasteiger partial charge in [0.2, 0.25) is 5.91 Å². The first kappa shape index (κ1) is 19.7. The minimum atomic E-state index is -0.592. The summed E-state index contributed by atoms with van der Waals surface area (Å²) in [7, 11) is 0. The van der Waals surface area contributed by atoms with Crippen LogP contribution >= 0.6 is 23.4 Å². The molecule has 2 aromatic rings. The van der Waals surface area contributed by atoms with Crippen molar-refractivity contribution in [3.63, 3.8) is 0 Å². The van der Waals surface area contributed by atoms with Crippen LogP contribution in [0.25, 0.3) is 0 Å². The van der Waals surface area contributed by atoms with Gasteiger partial charge in [-0.05, 0) is 48.9 Å². The van der Waals surface area contributed by atoms with E-state index in [-0.39, 0.29) is 29.0 Å². The molecule has 5 nitrogen and oxygen atoms in total. The standard InChI is InChI=1S/C19H18ClFN2O3S/c20-13-1-3-17(4-2-13)27-11-18(24)22-16-8-12(7-14(21)9-16)19(25)23-15-5-6-26-10-15/h1-4,7-9,15H,5-6,10-11H2,(H,22,24)(H,23,25). The number of nitrogens with one attached hydrogen (secondary N) is 2. The summed E-state index contributed by atoms with van der Waals surface area (Å²) in [5.41, 5.74) is 0.395. The molecule has 0 aromatic heterocycles. The maximum atomic E-state index is 13.9. The van der Waals surface area contributed by atoms with E-state index in [0.717, 1.165) is 17.4 Å². The molecule has 1 fully saturated rings. The van der Waals surface area contributed by atoms with Crippen molar-refractivity contribution < 1.29 is 18.7 Å². The molecule has 0 radical (unpaired) electrons. The second kappa shape index (κ2) is 9.21. The molecule has 3 rings (SSSR count). The third-order valence-electron chi connectivity index (χ3n) is 3.89. The molecule has 0 spiro atoms. The van der Waals surface area contributed by atoms with E-state index in [0.29, 0.717) is 18.2 Å². The molecule has 1 aliphatic rings. The quantitative estimate of drug-likeness (QED) is 0.715. The van der Waals surface area contributed by atoms with Crippen molar-refractivity contribution >= 4 is 40.9 Å². The predicted octanol–water partition coefficient (Wildman–Crippen LogP) is 3.73. The van der Waals surface area contributed by atoms with Gasteiger partial charge in [-0.3, -0.25) is 9.59 Å². The Morgan fingerprint density at radius 2 is 2.00 bits per heavy atom. The number of hydrogen-bond acceptors (Lipinski definition) is 4. The lowest BCUT2D eigenvalue weighted by Crippen LogP contribution is -2.35. The maximum Gasteiger partial charge on any atom is 0.251 e. The second-order valence-corrected chi connectivity index (χ2v) is 7.54. The van der Waals surface area contributed by atoms with Crippen LogP contribution in [0.4, 0.5) is 10.1 Å². The van der Waals surface area contributed by atoms with Gasteiger partial charge in [0.25, 0.3) is 5.91 Å². The average molecular weight is 409 g/mol. The van der Waals surface area contributed by atoms with Gasteiger partial charge in [-0.25, -0.2) is 4.39 Å². The number of anilines is 1. The zero-order valence-corrected chi connectivity index (χ0v) is 15.9. The lowest BCUT2D eigenvalue weighted by Gasteiger charge is -2.12. The number of benzene rings is 2. The van der Waals surface area contributed by atoms with Crippen molar-refractivity contribution in [1.29, 1.82) is 0 Å². The highest BCUT2D eigenvalue weighted by molar-refractivity contribution is 8.00. The van der Waals surface area contributed by atoms with E-state index in [2.05, 4.69) is 10.6 Å². The van der Waals surface area contributed by atoms with Crippen molar-refractivity contribution in [3.8, 4) is 0 Å². The fourth-order valence-corrected chi connectivity index (χ4v) is 3.41. The third kappa shape index (κ3) is 5.95. The number of ether oxygens (including phenoxy) is 1. The summed E-state index contributed by atoms with van der Waals surface area (Å²) < 4.78 is 19.1. The van der Waals surface area contributed by atoms with Crippen molar-refractivity contribution in [2.75, 3.05) is 24.3 Å². The van der Waals surface area contributed by atoms with Crippen molar-refractivity contribution in [2.24, 2.45) is 0 Å². The summed E-state index contributed by atoms with van der Waals surface area (Å²) in [4.78, 5) is 25.3. The Balaban J connectivity index is 1.58. The highest BCUT2D eigenvalue weighted by Gasteiger charge is 2.19. The molecule has 8 heteroatoms. The molecular weight excluding hydrogens is 391 g/mol. The van der Waals surface area contributed by atoms with Crippen LogP contribution in [-0.4, -0.2) is 36.8 Å². The molecule has 0 aliphatic carbocycles. The Morgan fingerprint density at radius 3 is 2.70 bits per heavy atom. The fraction of sp³-hybridized carbons (Fsp3) is 0.263. The number of carbonyl (C=O) groups excluding carboxylic acids is 2. The summed E-state index contributed by atoms with van der Waals surface area (Å²) in [6.45, 7) is 1.05. The SMILES string of the molecule is O=C(CSc1ccc(Cl)cc1)Nc1cc(F)cc(C(=O)NC2CCOC2)c1. The Hall–Kier alpha value is -2.09. The van der Waals surface area contributed by atoms with E-state index in [1.54, 1.807) is 12.1 Å². The smallest absolute Gasteiger partial charge is 0.251 e. The topological polar surface area (TPSA) is 67.4 Å². The van der Waals surface area contributed by atoms with E-state index < -0.39 is 11.7 Å². The highest BCUT2D eigenvalue weighted by Crippen LogP contribution is 2.21. The van der Waals surface area contributed by atoms with Gasteiger partial charge in [-0.15, -0.1) is 11.8 Å². The van der Waals surface area contributed by atoms with Gasteiger partial charge < -0.3 is 15.4 Å². The average Bonchev–Trinajstić information content (AvgIpc) is 3.14. The normalized spacial score (nSPS) is 16.1. The molecule has 2 amide bonds. The molecule has 142 valence electrons. The van der Waals surface area contributed by atoms with Gasteiger partial charge >= 0.3 is 0 Å².